The van der Waals surface area contributed by atoms with Crippen molar-refractivity contribution in [3.8, 4) is 0 Å². The molecule has 14 heteroatoms. The van der Waals surface area contributed by atoms with Gasteiger partial charge in [0, 0.05) is 12.3 Å². The second-order valence-electron chi connectivity index (χ2n) is 7.57. The first-order valence-electron chi connectivity index (χ1n) is 10.1. The van der Waals surface area contributed by atoms with Gasteiger partial charge in [0.25, 0.3) is 0 Å². The van der Waals surface area contributed by atoms with E-state index in [1.165, 1.54) is 0 Å². The fourth-order valence-electron chi connectivity index (χ4n) is 2.56. The zero-order chi connectivity index (χ0) is 24.8. The number of carboxylic acid groups (broad SMARTS) is 1. The quantitative estimate of drug-likeness (QED) is 0.0501. The van der Waals surface area contributed by atoms with Gasteiger partial charge in [-0.1, -0.05) is 13.8 Å². The molecule has 0 aromatic heterocycles. The lowest BCUT2D eigenvalue weighted by atomic mass is 10.0. The molecule has 11 N–H and O–H groups in total. The van der Waals surface area contributed by atoms with Gasteiger partial charge in [-0.2, -0.15) is 12.6 Å². The maximum atomic E-state index is 12.7. The van der Waals surface area contributed by atoms with E-state index in [0.29, 0.717) is 13.0 Å². The summed E-state index contributed by atoms with van der Waals surface area (Å²) in [6.45, 7) is 3.19. The zero-order valence-corrected chi connectivity index (χ0v) is 19.2. The standard InChI is InChI=1S/C18H35N7O6S/c1-9(2)6-11(23-14(27)10(19)4-3-5-22-18(20)21)15(28)25-13(8-32)16(29)24-12(7-26)17(30)31/h9-13,26,32H,3-8,19H2,1-2H3,(H,23,27)(H,24,29)(H,25,28)(H,30,31)(H4,20,21,22). The highest BCUT2D eigenvalue weighted by atomic mass is 32.1. The number of amides is 3. The maximum absolute atomic E-state index is 12.7. The fourth-order valence-corrected chi connectivity index (χ4v) is 2.81. The molecule has 0 aliphatic rings. The summed E-state index contributed by atoms with van der Waals surface area (Å²) in [6.07, 6.45) is 1.02. The first-order chi connectivity index (χ1) is 14.9. The Balaban J connectivity index is 5.07. The van der Waals surface area contributed by atoms with Crippen LogP contribution in [0.1, 0.15) is 33.1 Å². The van der Waals surface area contributed by atoms with Crippen LogP contribution in [0.25, 0.3) is 0 Å². The van der Waals surface area contributed by atoms with Gasteiger partial charge in [0.05, 0.1) is 12.6 Å². The number of nitrogens with one attached hydrogen (secondary N) is 3. The van der Waals surface area contributed by atoms with E-state index >= 15 is 0 Å². The van der Waals surface area contributed by atoms with Crippen molar-refractivity contribution in [1.82, 2.24) is 16.0 Å². The largest absolute Gasteiger partial charge is 0.480 e. The third-order valence-electron chi connectivity index (χ3n) is 4.26. The van der Waals surface area contributed by atoms with Crippen LogP contribution in [-0.2, 0) is 19.2 Å². The average molecular weight is 478 g/mol. The van der Waals surface area contributed by atoms with Crippen LogP contribution >= 0.6 is 12.6 Å². The number of aliphatic imine (C=N–C) groups is 1. The van der Waals surface area contributed by atoms with Crippen molar-refractivity contribution in [2.75, 3.05) is 18.9 Å². The Morgan fingerprint density at radius 1 is 0.969 bits per heavy atom. The molecule has 0 aromatic carbocycles. The molecular weight excluding hydrogens is 442 g/mol. The third-order valence-corrected chi connectivity index (χ3v) is 4.62. The minimum atomic E-state index is -1.52. The number of thiol groups is 1. The van der Waals surface area contributed by atoms with E-state index in [1.807, 2.05) is 13.8 Å². The molecule has 0 aromatic rings. The molecule has 0 fully saturated rings. The first-order valence-corrected chi connectivity index (χ1v) is 10.7. The summed E-state index contributed by atoms with van der Waals surface area (Å²) in [4.78, 5) is 52.2. The summed E-state index contributed by atoms with van der Waals surface area (Å²) in [5, 5.41) is 25.1. The number of hydrogen-bond acceptors (Lipinski definition) is 8. The Labute approximate surface area is 192 Å². The minimum absolute atomic E-state index is 0.0261. The Morgan fingerprint density at radius 2 is 1.50 bits per heavy atom. The number of rotatable bonds is 15. The lowest BCUT2D eigenvalue weighted by molar-refractivity contribution is -0.143. The van der Waals surface area contributed by atoms with E-state index in [2.05, 4.69) is 33.6 Å². The summed E-state index contributed by atoms with van der Waals surface area (Å²) in [7, 11) is 0. The Bertz CT molecular complexity index is 672. The number of aliphatic carboxylic acids is 1. The number of carboxylic acids is 1. The van der Waals surface area contributed by atoms with Crippen molar-refractivity contribution < 1.29 is 29.4 Å². The number of aliphatic hydroxyl groups excluding tert-OH is 1. The summed E-state index contributed by atoms with van der Waals surface area (Å²) in [5.74, 6) is -3.63. The van der Waals surface area contributed by atoms with Crippen molar-refractivity contribution in [1.29, 1.82) is 0 Å². The van der Waals surface area contributed by atoms with Crippen molar-refractivity contribution in [3.63, 3.8) is 0 Å². The average Bonchev–Trinajstić information content (AvgIpc) is 2.71. The van der Waals surface area contributed by atoms with Crippen LogP contribution in [0.2, 0.25) is 0 Å². The van der Waals surface area contributed by atoms with Crippen LogP contribution in [0.5, 0.6) is 0 Å². The second-order valence-corrected chi connectivity index (χ2v) is 7.94. The second kappa shape index (κ2) is 15.3. The van der Waals surface area contributed by atoms with Crippen molar-refractivity contribution >= 4 is 42.3 Å². The molecular formula is C18H35N7O6S. The molecule has 0 rings (SSSR count). The zero-order valence-electron chi connectivity index (χ0n) is 18.3. The Morgan fingerprint density at radius 3 is 1.97 bits per heavy atom. The fraction of sp³-hybridized carbons (Fsp3) is 0.722. The third kappa shape index (κ3) is 11.7. The van der Waals surface area contributed by atoms with Gasteiger partial charge >= 0.3 is 5.97 Å². The van der Waals surface area contributed by atoms with Crippen molar-refractivity contribution in [3.05, 3.63) is 0 Å². The molecule has 0 spiro atoms. The summed E-state index contributed by atoms with van der Waals surface area (Å²) < 4.78 is 0. The monoisotopic (exact) mass is 477 g/mol. The SMILES string of the molecule is CC(C)CC(NC(=O)C(N)CCCN=C(N)N)C(=O)NC(CS)C(=O)NC(CO)C(=O)O. The van der Waals surface area contributed by atoms with Gasteiger partial charge in [-0.05, 0) is 25.2 Å². The van der Waals surface area contributed by atoms with E-state index in [0.717, 1.165) is 0 Å². The van der Waals surface area contributed by atoms with E-state index in [1.54, 1.807) is 0 Å². The van der Waals surface area contributed by atoms with Crippen molar-refractivity contribution in [2.45, 2.75) is 57.3 Å². The molecule has 4 unspecified atom stereocenters. The highest BCUT2D eigenvalue weighted by molar-refractivity contribution is 7.80. The molecule has 3 amide bonds. The highest BCUT2D eigenvalue weighted by Gasteiger charge is 2.29. The van der Waals surface area contributed by atoms with Crippen molar-refractivity contribution in [2.24, 2.45) is 28.1 Å². The van der Waals surface area contributed by atoms with Crippen LogP contribution in [0, 0.1) is 5.92 Å². The van der Waals surface area contributed by atoms with Gasteiger partial charge in [0.15, 0.2) is 5.96 Å². The van der Waals surface area contributed by atoms with Crippen LogP contribution < -0.4 is 33.2 Å². The number of hydrogen-bond donors (Lipinski definition) is 9. The molecule has 0 saturated heterocycles. The van der Waals surface area contributed by atoms with Gasteiger partial charge in [-0.15, -0.1) is 0 Å². The van der Waals surface area contributed by atoms with Crippen LogP contribution in [0.3, 0.4) is 0 Å². The number of carbonyl (C=O) groups is 4. The molecule has 184 valence electrons. The van der Waals surface area contributed by atoms with E-state index in [4.69, 9.17) is 27.4 Å². The Kier molecular flexibility index (Phi) is 14.0. The molecule has 0 bridgehead atoms. The number of nitrogens with zero attached hydrogens (tertiary/aromatic N) is 1. The Hall–Kier alpha value is -2.58. The maximum Gasteiger partial charge on any atom is 0.328 e. The predicted octanol–water partition coefficient (Wildman–Crippen LogP) is -3.13. The molecule has 0 radical (unpaired) electrons. The number of aliphatic hydroxyl groups is 1. The summed E-state index contributed by atoms with van der Waals surface area (Å²) in [6, 6.07) is -4.57. The number of carbonyl (C=O) groups excluding carboxylic acids is 3. The molecule has 0 aliphatic heterocycles. The normalized spacial score (nSPS) is 14.6. The van der Waals surface area contributed by atoms with Gasteiger partial charge < -0.3 is 43.4 Å². The molecule has 32 heavy (non-hydrogen) atoms. The van der Waals surface area contributed by atoms with Crippen LogP contribution in [0.15, 0.2) is 4.99 Å². The molecule has 0 heterocycles. The van der Waals surface area contributed by atoms with Gasteiger partial charge in [0.1, 0.15) is 18.1 Å². The van der Waals surface area contributed by atoms with Gasteiger partial charge in [0.2, 0.25) is 17.7 Å². The molecule has 13 nitrogen and oxygen atoms in total. The molecule has 0 saturated carbocycles. The van der Waals surface area contributed by atoms with Crippen LogP contribution in [0.4, 0.5) is 0 Å². The lowest BCUT2D eigenvalue weighted by Gasteiger charge is -2.25. The van der Waals surface area contributed by atoms with Crippen LogP contribution in [-0.4, -0.2) is 82.9 Å². The minimum Gasteiger partial charge on any atom is -0.480 e. The molecule has 4 atom stereocenters. The highest BCUT2D eigenvalue weighted by Crippen LogP contribution is 2.07. The topological polar surface area (TPSA) is 235 Å². The smallest absolute Gasteiger partial charge is 0.328 e. The number of guanidine groups is 1. The molecule has 0 aliphatic carbocycles. The predicted molar refractivity (Wildman–Crippen MR) is 122 cm³/mol. The van der Waals surface area contributed by atoms with E-state index in [-0.39, 0.29) is 30.5 Å². The summed E-state index contributed by atoms with van der Waals surface area (Å²) in [5.41, 5.74) is 16.3. The number of nitrogens with two attached hydrogens (primary N) is 3. The summed E-state index contributed by atoms with van der Waals surface area (Å²) >= 11 is 4.01. The first kappa shape index (κ1) is 29.4. The van der Waals surface area contributed by atoms with E-state index < -0.39 is 54.5 Å². The van der Waals surface area contributed by atoms with Gasteiger partial charge in [-0.25, -0.2) is 4.79 Å². The lowest BCUT2D eigenvalue weighted by Crippen LogP contribution is -2.58. The van der Waals surface area contributed by atoms with Gasteiger partial charge in [-0.3, -0.25) is 19.4 Å². The van der Waals surface area contributed by atoms with E-state index in [9.17, 15) is 19.2 Å².